The van der Waals surface area contributed by atoms with Gasteiger partial charge in [0.2, 0.25) is 0 Å². The standard InChI is InChI=1S/C16H17F3N4O2S/c1-4-25-15(24)20-14-13(10(3)23-26-14)9(2)21-22-12-7-5-6-11(8-12)16(17,18)19/h5-8,22H,4H2,1-3H3,(H,20,24). The van der Waals surface area contributed by atoms with Gasteiger partial charge in [-0.3, -0.25) is 10.7 Å². The van der Waals surface area contributed by atoms with Crippen LogP contribution in [0.4, 0.5) is 28.7 Å². The molecule has 0 aliphatic carbocycles. The fourth-order valence-electron chi connectivity index (χ4n) is 2.11. The Morgan fingerprint density at radius 3 is 2.77 bits per heavy atom. The van der Waals surface area contributed by atoms with Gasteiger partial charge < -0.3 is 4.74 Å². The lowest BCUT2D eigenvalue weighted by molar-refractivity contribution is -0.137. The molecule has 6 nitrogen and oxygen atoms in total. The highest BCUT2D eigenvalue weighted by Gasteiger charge is 2.30. The average molecular weight is 386 g/mol. The molecule has 0 saturated heterocycles. The molecule has 1 aromatic carbocycles. The molecule has 0 radical (unpaired) electrons. The van der Waals surface area contributed by atoms with Gasteiger partial charge in [-0.2, -0.15) is 22.6 Å². The van der Waals surface area contributed by atoms with Gasteiger partial charge in [0.1, 0.15) is 5.00 Å². The highest BCUT2D eigenvalue weighted by Crippen LogP contribution is 2.31. The molecule has 0 unspecified atom stereocenters. The van der Waals surface area contributed by atoms with Crippen LogP contribution < -0.4 is 10.7 Å². The van der Waals surface area contributed by atoms with Crippen molar-refractivity contribution in [2.45, 2.75) is 26.9 Å². The van der Waals surface area contributed by atoms with Crippen LogP contribution in [0.3, 0.4) is 0 Å². The Labute approximate surface area is 152 Å². The minimum absolute atomic E-state index is 0.194. The molecule has 2 rings (SSSR count). The number of carbonyl (C=O) groups is 1. The summed E-state index contributed by atoms with van der Waals surface area (Å²) in [6.45, 7) is 5.31. The molecule has 1 aromatic heterocycles. The number of hydrazone groups is 1. The number of aryl methyl sites for hydroxylation is 1. The minimum atomic E-state index is -4.43. The number of anilines is 2. The maximum Gasteiger partial charge on any atom is 0.416 e. The van der Waals surface area contributed by atoms with Crippen molar-refractivity contribution in [3.05, 3.63) is 41.1 Å². The molecule has 0 fully saturated rings. The lowest BCUT2D eigenvalue weighted by Crippen LogP contribution is -2.14. The summed E-state index contributed by atoms with van der Waals surface area (Å²) in [7, 11) is 0. The molecule has 1 amide bonds. The van der Waals surface area contributed by atoms with Crippen molar-refractivity contribution >= 4 is 34.0 Å². The van der Waals surface area contributed by atoms with Crippen LogP contribution in [-0.4, -0.2) is 22.8 Å². The molecule has 0 aliphatic heterocycles. The first kappa shape index (κ1) is 19.7. The van der Waals surface area contributed by atoms with E-state index in [0.717, 1.165) is 23.7 Å². The maximum atomic E-state index is 12.8. The van der Waals surface area contributed by atoms with Gasteiger partial charge in [0.05, 0.1) is 34.8 Å². The molecule has 2 N–H and O–H groups in total. The normalized spacial score (nSPS) is 12.0. The summed E-state index contributed by atoms with van der Waals surface area (Å²) in [5.74, 6) is 0. The zero-order valence-electron chi connectivity index (χ0n) is 14.3. The van der Waals surface area contributed by atoms with Gasteiger partial charge in [0.15, 0.2) is 0 Å². The Morgan fingerprint density at radius 2 is 2.12 bits per heavy atom. The van der Waals surface area contributed by atoms with E-state index in [1.54, 1.807) is 20.8 Å². The Kier molecular flexibility index (Phi) is 6.19. The van der Waals surface area contributed by atoms with Crippen molar-refractivity contribution in [1.29, 1.82) is 0 Å². The minimum Gasteiger partial charge on any atom is -0.450 e. The van der Waals surface area contributed by atoms with E-state index in [4.69, 9.17) is 4.74 Å². The second-order valence-electron chi connectivity index (χ2n) is 5.21. The lowest BCUT2D eigenvalue weighted by Gasteiger charge is -2.09. The number of ether oxygens (including phenoxy) is 1. The highest BCUT2D eigenvalue weighted by atomic mass is 32.1. The summed E-state index contributed by atoms with van der Waals surface area (Å²) in [6, 6.07) is 4.72. The Hall–Kier alpha value is -2.62. The zero-order chi connectivity index (χ0) is 19.3. The third kappa shape index (κ3) is 4.94. The van der Waals surface area contributed by atoms with Crippen molar-refractivity contribution in [3.63, 3.8) is 0 Å². The van der Waals surface area contributed by atoms with E-state index < -0.39 is 17.8 Å². The van der Waals surface area contributed by atoms with Gasteiger partial charge in [0.25, 0.3) is 0 Å². The van der Waals surface area contributed by atoms with Crippen molar-refractivity contribution in [1.82, 2.24) is 4.37 Å². The van der Waals surface area contributed by atoms with E-state index in [2.05, 4.69) is 20.2 Å². The molecule has 0 atom stereocenters. The van der Waals surface area contributed by atoms with Crippen LogP contribution in [0.15, 0.2) is 29.4 Å². The second kappa shape index (κ2) is 8.17. The second-order valence-corrected chi connectivity index (χ2v) is 5.98. The molecule has 26 heavy (non-hydrogen) atoms. The highest BCUT2D eigenvalue weighted by molar-refractivity contribution is 7.11. The number of amides is 1. The number of alkyl halides is 3. The zero-order valence-corrected chi connectivity index (χ0v) is 15.1. The number of halogens is 3. The SMILES string of the molecule is CCOC(=O)Nc1snc(C)c1C(C)=NNc1cccc(C(F)(F)F)c1. The third-order valence-electron chi connectivity index (χ3n) is 3.26. The summed E-state index contributed by atoms with van der Waals surface area (Å²) in [5.41, 5.74) is 3.70. The summed E-state index contributed by atoms with van der Waals surface area (Å²) in [4.78, 5) is 11.6. The van der Waals surface area contributed by atoms with E-state index in [-0.39, 0.29) is 12.3 Å². The fraction of sp³-hybridized carbons (Fsp3) is 0.312. The molecule has 0 bridgehead atoms. The summed E-state index contributed by atoms with van der Waals surface area (Å²) in [6.07, 6.45) is -5.04. The van der Waals surface area contributed by atoms with Crippen LogP contribution >= 0.6 is 11.5 Å². The Bertz CT molecular complexity index is 818. The number of hydrogen-bond donors (Lipinski definition) is 2. The number of hydrogen-bond acceptors (Lipinski definition) is 6. The average Bonchev–Trinajstić information content (AvgIpc) is 2.93. The number of nitrogens with zero attached hydrogens (tertiary/aromatic N) is 2. The van der Waals surface area contributed by atoms with Crippen LogP contribution in [0.2, 0.25) is 0 Å². The van der Waals surface area contributed by atoms with E-state index in [1.165, 1.54) is 12.1 Å². The summed E-state index contributed by atoms with van der Waals surface area (Å²) < 4.78 is 47.3. The molecule has 140 valence electrons. The molecule has 0 aliphatic rings. The van der Waals surface area contributed by atoms with Crippen LogP contribution in [0.5, 0.6) is 0 Å². The van der Waals surface area contributed by atoms with E-state index in [9.17, 15) is 18.0 Å². The number of aromatic nitrogens is 1. The molecular formula is C16H17F3N4O2S. The van der Waals surface area contributed by atoms with Crippen molar-refractivity contribution < 1.29 is 22.7 Å². The van der Waals surface area contributed by atoms with E-state index >= 15 is 0 Å². The third-order valence-corrected chi connectivity index (χ3v) is 4.11. The predicted molar refractivity (Wildman–Crippen MR) is 94.8 cm³/mol. The molecular weight excluding hydrogens is 369 g/mol. The van der Waals surface area contributed by atoms with Crippen molar-refractivity contribution in [2.24, 2.45) is 5.10 Å². The predicted octanol–water partition coefficient (Wildman–Crippen LogP) is 4.87. The van der Waals surface area contributed by atoms with Gasteiger partial charge in [-0.05, 0) is 50.5 Å². The van der Waals surface area contributed by atoms with Crippen molar-refractivity contribution in [3.8, 4) is 0 Å². The lowest BCUT2D eigenvalue weighted by atomic mass is 10.1. The maximum absolute atomic E-state index is 12.8. The Balaban J connectivity index is 2.20. The van der Waals surface area contributed by atoms with E-state index in [0.29, 0.717) is 22.0 Å². The first-order valence-corrected chi connectivity index (χ1v) is 8.37. The van der Waals surface area contributed by atoms with Gasteiger partial charge in [-0.1, -0.05) is 6.07 Å². The first-order valence-electron chi connectivity index (χ1n) is 7.60. The molecule has 0 saturated carbocycles. The number of rotatable bonds is 5. The summed E-state index contributed by atoms with van der Waals surface area (Å²) in [5, 5.41) is 7.14. The van der Waals surface area contributed by atoms with Crippen LogP contribution in [0.1, 0.15) is 30.7 Å². The number of nitrogens with one attached hydrogen (secondary N) is 2. The van der Waals surface area contributed by atoms with Gasteiger partial charge in [0, 0.05) is 0 Å². The number of benzene rings is 1. The molecule has 1 heterocycles. The first-order chi connectivity index (χ1) is 12.2. The van der Waals surface area contributed by atoms with Gasteiger partial charge >= 0.3 is 12.3 Å². The molecule has 0 spiro atoms. The van der Waals surface area contributed by atoms with Crippen LogP contribution in [0, 0.1) is 6.92 Å². The van der Waals surface area contributed by atoms with Crippen LogP contribution in [-0.2, 0) is 10.9 Å². The number of carbonyl (C=O) groups excluding carboxylic acids is 1. The van der Waals surface area contributed by atoms with Gasteiger partial charge in [-0.25, -0.2) is 4.79 Å². The van der Waals surface area contributed by atoms with Crippen molar-refractivity contribution in [2.75, 3.05) is 17.3 Å². The quantitative estimate of drug-likeness (QED) is 0.568. The van der Waals surface area contributed by atoms with E-state index in [1.807, 2.05) is 0 Å². The Morgan fingerprint density at radius 1 is 1.38 bits per heavy atom. The van der Waals surface area contributed by atoms with Crippen LogP contribution in [0.25, 0.3) is 0 Å². The van der Waals surface area contributed by atoms with Gasteiger partial charge in [-0.15, -0.1) is 0 Å². The largest absolute Gasteiger partial charge is 0.450 e. The molecule has 10 heteroatoms. The monoisotopic (exact) mass is 386 g/mol. The summed E-state index contributed by atoms with van der Waals surface area (Å²) >= 11 is 1.07. The topological polar surface area (TPSA) is 75.6 Å². The smallest absolute Gasteiger partial charge is 0.416 e. The fourth-order valence-corrected chi connectivity index (χ4v) is 2.95. The molecule has 2 aromatic rings.